The van der Waals surface area contributed by atoms with E-state index in [1.807, 2.05) is 24.3 Å². The molecule has 0 atom stereocenters. The Morgan fingerprint density at radius 1 is 1.26 bits per heavy atom. The highest BCUT2D eigenvalue weighted by Gasteiger charge is 2.17. The number of carbonyl (C=O) groups excluding carboxylic acids is 1. The maximum absolute atomic E-state index is 11.9. The van der Waals surface area contributed by atoms with Crippen molar-refractivity contribution in [2.24, 2.45) is 0 Å². The quantitative estimate of drug-likeness (QED) is 0.755. The van der Waals surface area contributed by atoms with Gasteiger partial charge in [0.1, 0.15) is 0 Å². The standard InChI is InChI=1S/C16H19N3O4/c1-10(2)11-3-5-12(6-4-11)19-9-13(20)15(18-19)16(23)17-8-7-14(21)22/h3-6,9-10,20H,7-8H2,1-2H3,(H,17,23)(H,21,22). The molecule has 0 aliphatic heterocycles. The number of nitrogens with zero attached hydrogens (tertiary/aromatic N) is 2. The van der Waals surface area contributed by atoms with Crippen LogP contribution in [0.1, 0.15) is 42.2 Å². The topological polar surface area (TPSA) is 104 Å². The number of aromatic hydroxyl groups is 1. The first-order chi connectivity index (χ1) is 10.9. The number of amides is 1. The van der Waals surface area contributed by atoms with E-state index in [0.29, 0.717) is 11.6 Å². The lowest BCUT2D eigenvalue weighted by Crippen LogP contribution is -2.26. The second kappa shape index (κ2) is 6.95. The highest BCUT2D eigenvalue weighted by atomic mass is 16.4. The molecule has 0 fully saturated rings. The Hall–Kier alpha value is -2.83. The summed E-state index contributed by atoms with van der Waals surface area (Å²) < 4.78 is 1.41. The van der Waals surface area contributed by atoms with Crippen LogP contribution in [-0.2, 0) is 4.79 Å². The Morgan fingerprint density at radius 2 is 1.91 bits per heavy atom. The van der Waals surface area contributed by atoms with Crippen LogP contribution < -0.4 is 5.32 Å². The van der Waals surface area contributed by atoms with E-state index in [-0.39, 0.29) is 24.4 Å². The molecule has 0 aliphatic rings. The van der Waals surface area contributed by atoms with E-state index in [1.165, 1.54) is 16.4 Å². The molecule has 1 aromatic heterocycles. The minimum absolute atomic E-state index is 0.0243. The summed E-state index contributed by atoms with van der Waals surface area (Å²) in [7, 11) is 0. The fourth-order valence-electron chi connectivity index (χ4n) is 2.04. The summed E-state index contributed by atoms with van der Waals surface area (Å²) in [5.74, 6) is -1.47. The summed E-state index contributed by atoms with van der Waals surface area (Å²) in [5, 5.41) is 24.9. The van der Waals surface area contributed by atoms with Crippen LogP contribution in [0.25, 0.3) is 5.69 Å². The lowest BCUT2D eigenvalue weighted by atomic mass is 10.0. The predicted octanol–water partition coefficient (Wildman–Crippen LogP) is 1.91. The fraction of sp³-hybridized carbons (Fsp3) is 0.312. The van der Waals surface area contributed by atoms with Gasteiger partial charge in [0.15, 0.2) is 11.4 Å². The molecule has 23 heavy (non-hydrogen) atoms. The van der Waals surface area contributed by atoms with Crippen LogP contribution in [0.4, 0.5) is 0 Å². The number of rotatable bonds is 6. The average Bonchev–Trinajstić information content (AvgIpc) is 2.89. The van der Waals surface area contributed by atoms with Crippen molar-refractivity contribution in [1.82, 2.24) is 15.1 Å². The summed E-state index contributed by atoms with van der Waals surface area (Å²) in [5.41, 5.74) is 1.76. The van der Waals surface area contributed by atoms with E-state index in [2.05, 4.69) is 24.3 Å². The zero-order valence-corrected chi connectivity index (χ0v) is 13.0. The molecule has 2 rings (SSSR count). The molecule has 1 amide bonds. The minimum atomic E-state index is -1.01. The van der Waals surface area contributed by atoms with Gasteiger partial charge in [-0.1, -0.05) is 26.0 Å². The number of hydrogen-bond acceptors (Lipinski definition) is 4. The largest absolute Gasteiger partial charge is 0.504 e. The Bertz CT molecular complexity index is 705. The second-order valence-electron chi connectivity index (χ2n) is 5.45. The molecule has 1 aromatic carbocycles. The Kier molecular flexibility index (Phi) is 5.00. The number of carboxylic acid groups (broad SMARTS) is 1. The maximum atomic E-state index is 11.9. The molecule has 7 nitrogen and oxygen atoms in total. The molecule has 1 heterocycles. The van der Waals surface area contributed by atoms with Crippen molar-refractivity contribution in [1.29, 1.82) is 0 Å². The molecule has 122 valence electrons. The van der Waals surface area contributed by atoms with Gasteiger partial charge in [-0.2, -0.15) is 5.10 Å². The van der Waals surface area contributed by atoms with E-state index in [1.54, 1.807) is 0 Å². The first-order valence-electron chi connectivity index (χ1n) is 7.27. The van der Waals surface area contributed by atoms with Crippen molar-refractivity contribution in [3.63, 3.8) is 0 Å². The van der Waals surface area contributed by atoms with Gasteiger partial charge in [0.2, 0.25) is 0 Å². The lowest BCUT2D eigenvalue weighted by molar-refractivity contribution is -0.136. The van der Waals surface area contributed by atoms with Crippen LogP contribution in [0, 0.1) is 0 Å². The summed E-state index contributed by atoms with van der Waals surface area (Å²) in [6, 6.07) is 7.64. The third-order valence-corrected chi connectivity index (χ3v) is 3.36. The van der Waals surface area contributed by atoms with Crippen molar-refractivity contribution < 1.29 is 19.8 Å². The number of carbonyl (C=O) groups is 2. The van der Waals surface area contributed by atoms with Crippen molar-refractivity contribution in [3.05, 3.63) is 41.7 Å². The highest BCUT2D eigenvalue weighted by Crippen LogP contribution is 2.20. The van der Waals surface area contributed by atoms with Crippen LogP contribution >= 0.6 is 0 Å². The fourth-order valence-corrected chi connectivity index (χ4v) is 2.04. The molecular formula is C16H19N3O4. The SMILES string of the molecule is CC(C)c1ccc(-n2cc(O)c(C(=O)NCCC(=O)O)n2)cc1. The normalized spacial score (nSPS) is 10.7. The van der Waals surface area contributed by atoms with Crippen molar-refractivity contribution in [2.75, 3.05) is 6.54 Å². The molecule has 0 aliphatic carbocycles. The van der Waals surface area contributed by atoms with Gasteiger partial charge in [-0.3, -0.25) is 9.59 Å². The van der Waals surface area contributed by atoms with Crippen LogP contribution in [-0.4, -0.2) is 38.4 Å². The highest BCUT2D eigenvalue weighted by molar-refractivity contribution is 5.94. The van der Waals surface area contributed by atoms with Gasteiger partial charge < -0.3 is 15.5 Å². The monoisotopic (exact) mass is 317 g/mol. The summed E-state index contributed by atoms with van der Waals surface area (Å²) in [4.78, 5) is 22.3. The van der Waals surface area contributed by atoms with E-state index in [9.17, 15) is 14.7 Å². The number of benzene rings is 1. The molecule has 0 bridgehead atoms. The number of carboxylic acids is 1. The zero-order chi connectivity index (χ0) is 17.0. The van der Waals surface area contributed by atoms with Gasteiger partial charge in [-0.05, 0) is 23.6 Å². The molecule has 0 radical (unpaired) electrons. The Balaban J connectivity index is 2.13. The lowest BCUT2D eigenvalue weighted by Gasteiger charge is -2.06. The number of hydrogen-bond donors (Lipinski definition) is 3. The summed E-state index contributed by atoms with van der Waals surface area (Å²) >= 11 is 0. The van der Waals surface area contributed by atoms with Crippen molar-refractivity contribution in [2.45, 2.75) is 26.2 Å². The van der Waals surface area contributed by atoms with Gasteiger partial charge in [0, 0.05) is 6.54 Å². The smallest absolute Gasteiger partial charge is 0.305 e. The van der Waals surface area contributed by atoms with E-state index < -0.39 is 11.9 Å². The molecule has 0 saturated carbocycles. The van der Waals surface area contributed by atoms with Crippen LogP contribution in [0.2, 0.25) is 0 Å². The molecule has 0 saturated heterocycles. The van der Waals surface area contributed by atoms with Gasteiger partial charge in [0.05, 0.1) is 18.3 Å². The second-order valence-corrected chi connectivity index (χ2v) is 5.45. The molecule has 0 spiro atoms. The van der Waals surface area contributed by atoms with Gasteiger partial charge >= 0.3 is 5.97 Å². The van der Waals surface area contributed by atoms with Crippen LogP contribution in [0.15, 0.2) is 30.5 Å². The Morgan fingerprint density at radius 3 is 2.48 bits per heavy atom. The van der Waals surface area contributed by atoms with Crippen LogP contribution in [0.3, 0.4) is 0 Å². The molecular weight excluding hydrogens is 298 g/mol. The maximum Gasteiger partial charge on any atom is 0.305 e. The van der Waals surface area contributed by atoms with Crippen molar-refractivity contribution >= 4 is 11.9 Å². The molecule has 7 heteroatoms. The van der Waals surface area contributed by atoms with E-state index >= 15 is 0 Å². The molecule has 0 unspecified atom stereocenters. The van der Waals surface area contributed by atoms with Gasteiger partial charge in [-0.25, -0.2) is 4.68 Å². The number of nitrogens with one attached hydrogen (secondary N) is 1. The van der Waals surface area contributed by atoms with Gasteiger partial charge in [0.25, 0.3) is 5.91 Å². The van der Waals surface area contributed by atoms with E-state index in [0.717, 1.165) is 0 Å². The minimum Gasteiger partial charge on any atom is -0.504 e. The number of aliphatic carboxylic acids is 1. The average molecular weight is 317 g/mol. The van der Waals surface area contributed by atoms with Gasteiger partial charge in [-0.15, -0.1) is 0 Å². The number of aromatic nitrogens is 2. The first-order valence-corrected chi connectivity index (χ1v) is 7.27. The van der Waals surface area contributed by atoms with E-state index in [4.69, 9.17) is 5.11 Å². The predicted molar refractivity (Wildman–Crippen MR) is 83.9 cm³/mol. The summed E-state index contributed by atoms with van der Waals surface area (Å²) in [6.07, 6.45) is 1.15. The van der Waals surface area contributed by atoms with Crippen LogP contribution in [0.5, 0.6) is 5.75 Å². The third-order valence-electron chi connectivity index (χ3n) is 3.36. The summed E-state index contributed by atoms with van der Waals surface area (Å²) in [6.45, 7) is 4.16. The van der Waals surface area contributed by atoms with Crippen molar-refractivity contribution in [3.8, 4) is 11.4 Å². The molecule has 2 aromatic rings. The first kappa shape index (κ1) is 16.5. The third kappa shape index (κ3) is 4.09. The Labute approximate surface area is 133 Å². The zero-order valence-electron chi connectivity index (χ0n) is 13.0. The molecule has 3 N–H and O–H groups in total.